The van der Waals surface area contributed by atoms with Crippen molar-refractivity contribution in [2.75, 3.05) is 11.9 Å². The largest absolute Gasteiger partial charge is 0.360 e. The quantitative estimate of drug-likeness (QED) is 0.622. The maximum Gasteiger partial charge on any atom is 0.263 e. The number of anilines is 1. The van der Waals surface area contributed by atoms with Crippen LogP contribution in [0.2, 0.25) is 0 Å². The van der Waals surface area contributed by atoms with Gasteiger partial charge in [-0.1, -0.05) is 39.8 Å². The standard InChI is InChI=1S/C17H23N3O/c1-12(2)10-20-17(21)15(9-18)11-19-16-7-5-14(6-8-16)13(3)4/h5-8,11-13,19H,10H2,1-4H3,(H,20,21)/b15-11-. The van der Waals surface area contributed by atoms with Crippen molar-refractivity contribution < 1.29 is 4.79 Å². The summed E-state index contributed by atoms with van der Waals surface area (Å²) in [6, 6.07) is 9.85. The van der Waals surface area contributed by atoms with Gasteiger partial charge in [-0.05, 0) is 29.5 Å². The van der Waals surface area contributed by atoms with Gasteiger partial charge in [0.1, 0.15) is 11.6 Å². The molecule has 1 rings (SSSR count). The minimum absolute atomic E-state index is 0.0728. The topological polar surface area (TPSA) is 64.9 Å². The van der Waals surface area contributed by atoms with Crippen LogP contribution >= 0.6 is 0 Å². The first-order valence-corrected chi connectivity index (χ1v) is 7.19. The van der Waals surface area contributed by atoms with Crippen LogP contribution in [0.25, 0.3) is 0 Å². The molecule has 0 saturated carbocycles. The molecule has 0 fully saturated rings. The van der Waals surface area contributed by atoms with E-state index in [1.165, 1.54) is 11.8 Å². The molecule has 0 aromatic heterocycles. The van der Waals surface area contributed by atoms with Crippen LogP contribution in [0, 0.1) is 17.2 Å². The van der Waals surface area contributed by atoms with E-state index >= 15 is 0 Å². The normalized spacial score (nSPS) is 11.4. The molecule has 4 heteroatoms. The molecule has 1 aromatic carbocycles. The van der Waals surface area contributed by atoms with Gasteiger partial charge in [0, 0.05) is 18.4 Å². The predicted octanol–water partition coefficient (Wildman–Crippen LogP) is 3.40. The number of nitrogens with one attached hydrogen (secondary N) is 2. The van der Waals surface area contributed by atoms with Crippen molar-refractivity contribution in [3.05, 3.63) is 41.6 Å². The Bertz CT molecular complexity index is 536. The molecule has 1 amide bonds. The third-order valence-corrected chi connectivity index (χ3v) is 3.00. The van der Waals surface area contributed by atoms with Gasteiger partial charge in [-0.3, -0.25) is 4.79 Å². The van der Waals surface area contributed by atoms with Crippen molar-refractivity contribution in [1.29, 1.82) is 5.26 Å². The number of carbonyl (C=O) groups excluding carboxylic acids is 1. The fourth-order valence-electron chi connectivity index (χ4n) is 1.66. The SMILES string of the molecule is CC(C)CNC(=O)/C(C#N)=C\Nc1ccc(C(C)C)cc1. The van der Waals surface area contributed by atoms with Crippen molar-refractivity contribution >= 4 is 11.6 Å². The molecule has 0 saturated heterocycles. The minimum Gasteiger partial charge on any atom is -0.360 e. The summed E-state index contributed by atoms with van der Waals surface area (Å²) in [6.07, 6.45) is 1.44. The van der Waals surface area contributed by atoms with E-state index in [0.29, 0.717) is 18.4 Å². The third-order valence-electron chi connectivity index (χ3n) is 3.00. The number of rotatable bonds is 6. The maximum absolute atomic E-state index is 11.8. The van der Waals surface area contributed by atoms with Crippen LogP contribution < -0.4 is 10.6 Å². The van der Waals surface area contributed by atoms with Gasteiger partial charge in [-0.15, -0.1) is 0 Å². The van der Waals surface area contributed by atoms with Crippen LogP contribution in [0.1, 0.15) is 39.2 Å². The highest BCUT2D eigenvalue weighted by atomic mass is 16.1. The van der Waals surface area contributed by atoms with Gasteiger partial charge < -0.3 is 10.6 Å². The average molecular weight is 285 g/mol. The fourth-order valence-corrected chi connectivity index (χ4v) is 1.66. The number of nitrogens with zero attached hydrogens (tertiary/aromatic N) is 1. The molecule has 0 radical (unpaired) electrons. The molecule has 0 aliphatic heterocycles. The first-order chi connectivity index (χ1) is 9.93. The molecular weight excluding hydrogens is 262 g/mol. The predicted molar refractivity (Wildman–Crippen MR) is 85.7 cm³/mol. The van der Waals surface area contributed by atoms with E-state index in [1.54, 1.807) is 0 Å². The number of benzene rings is 1. The van der Waals surface area contributed by atoms with Gasteiger partial charge in [0.05, 0.1) is 0 Å². The lowest BCUT2D eigenvalue weighted by molar-refractivity contribution is -0.117. The number of hydrogen-bond acceptors (Lipinski definition) is 3. The molecule has 0 atom stereocenters. The highest BCUT2D eigenvalue weighted by Crippen LogP contribution is 2.17. The van der Waals surface area contributed by atoms with E-state index in [0.717, 1.165) is 5.69 Å². The van der Waals surface area contributed by atoms with Crippen LogP contribution in [0.15, 0.2) is 36.0 Å². The zero-order valence-electron chi connectivity index (χ0n) is 13.1. The van der Waals surface area contributed by atoms with Crippen molar-refractivity contribution in [2.45, 2.75) is 33.6 Å². The Morgan fingerprint density at radius 3 is 2.33 bits per heavy atom. The summed E-state index contributed by atoms with van der Waals surface area (Å²) < 4.78 is 0. The van der Waals surface area contributed by atoms with Gasteiger partial charge in [-0.25, -0.2) is 0 Å². The Labute approximate surface area is 126 Å². The Morgan fingerprint density at radius 2 is 1.86 bits per heavy atom. The molecule has 0 unspecified atom stereocenters. The van der Waals surface area contributed by atoms with Gasteiger partial charge >= 0.3 is 0 Å². The molecule has 0 aliphatic rings. The first-order valence-electron chi connectivity index (χ1n) is 7.19. The molecule has 0 bridgehead atoms. The number of amides is 1. The highest BCUT2D eigenvalue weighted by molar-refractivity contribution is 5.97. The van der Waals surface area contributed by atoms with E-state index in [4.69, 9.17) is 5.26 Å². The minimum atomic E-state index is -0.350. The fraction of sp³-hybridized carbons (Fsp3) is 0.412. The van der Waals surface area contributed by atoms with Crippen LogP contribution in [0.3, 0.4) is 0 Å². The number of hydrogen-bond donors (Lipinski definition) is 2. The summed E-state index contributed by atoms with van der Waals surface area (Å²) in [5.41, 5.74) is 2.17. The summed E-state index contributed by atoms with van der Waals surface area (Å²) in [5, 5.41) is 14.7. The lowest BCUT2D eigenvalue weighted by Crippen LogP contribution is -2.28. The van der Waals surface area contributed by atoms with Crippen LogP contribution in [-0.4, -0.2) is 12.5 Å². The zero-order valence-corrected chi connectivity index (χ0v) is 13.1. The van der Waals surface area contributed by atoms with E-state index in [1.807, 2.05) is 44.2 Å². The molecule has 112 valence electrons. The van der Waals surface area contributed by atoms with E-state index < -0.39 is 0 Å². The zero-order chi connectivity index (χ0) is 15.8. The Hall–Kier alpha value is -2.28. The second kappa shape index (κ2) is 8.11. The summed E-state index contributed by atoms with van der Waals surface area (Å²) in [7, 11) is 0. The molecule has 0 spiro atoms. The molecule has 0 aliphatic carbocycles. The van der Waals surface area contributed by atoms with Crippen molar-refractivity contribution in [3.63, 3.8) is 0 Å². The van der Waals surface area contributed by atoms with Crippen molar-refractivity contribution in [1.82, 2.24) is 5.32 Å². The number of carbonyl (C=O) groups is 1. The van der Waals surface area contributed by atoms with Crippen molar-refractivity contribution in [3.8, 4) is 6.07 Å². The second-order valence-corrected chi connectivity index (χ2v) is 5.69. The smallest absolute Gasteiger partial charge is 0.263 e. The Kier molecular flexibility index (Phi) is 6.48. The Morgan fingerprint density at radius 1 is 1.24 bits per heavy atom. The van der Waals surface area contributed by atoms with Crippen molar-refractivity contribution in [2.24, 2.45) is 5.92 Å². The lowest BCUT2D eigenvalue weighted by atomic mass is 10.0. The third kappa shape index (κ3) is 5.70. The van der Waals surface area contributed by atoms with Crippen LogP contribution in [0.4, 0.5) is 5.69 Å². The van der Waals surface area contributed by atoms with Gasteiger partial charge in [-0.2, -0.15) is 5.26 Å². The van der Waals surface area contributed by atoms with Gasteiger partial charge in [0.15, 0.2) is 0 Å². The lowest BCUT2D eigenvalue weighted by Gasteiger charge is -2.08. The van der Waals surface area contributed by atoms with E-state index in [-0.39, 0.29) is 11.5 Å². The first kappa shape index (κ1) is 16.8. The van der Waals surface area contributed by atoms with Gasteiger partial charge in [0.25, 0.3) is 5.91 Å². The Balaban J connectivity index is 2.68. The average Bonchev–Trinajstić information content (AvgIpc) is 2.46. The van der Waals surface area contributed by atoms with Gasteiger partial charge in [0.2, 0.25) is 0 Å². The molecule has 4 nitrogen and oxygen atoms in total. The summed E-state index contributed by atoms with van der Waals surface area (Å²) in [4.78, 5) is 11.8. The number of nitriles is 1. The second-order valence-electron chi connectivity index (χ2n) is 5.69. The van der Waals surface area contributed by atoms with Crippen LogP contribution in [0.5, 0.6) is 0 Å². The molecule has 1 aromatic rings. The highest BCUT2D eigenvalue weighted by Gasteiger charge is 2.08. The summed E-state index contributed by atoms with van der Waals surface area (Å²) in [5.74, 6) is 0.481. The summed E-state index contributed by atoms with van der Waals surface area (Å²) in [6.45, 7) is 8.83. The maximum atomic E-state index is 11.8. The van der Waals surface area contributed by atoms with E-state index in [9.17, 15) is 4.79 Å². The van der Waals surface area contributed by atoms with E-state index in [2.05, 4.69) is 24.5 Å². The molecular formula is C17H23N3O. The van der Waals surface area contributed by atoms with Crippen LogP contribution in [-0.2, 0) is 4.79 Å². The summed E-state index contributed by atoms with van der Waals surface area (Å²) >= 11 is 0. The molecule has 21 heavy (non-hydrogen) atoms. The monoisotopic (exact) mass is 285 g/mol. The molecule has 0 heterocycles. The molecule has 2 N–H and O–H groups in total.